The van der Waals surface area contributed by atoms with E-state index in [4.69, 9.17) is 4.98 Å². The predicted octanol–water partition coefficient (Wildman–Crippen LogP) is 3.56. The summed E-state index contributed by atoms with van der Waals surface area (Å²) in [6.07, 6.45) is 2.10. The number of anilines is 1. The van der Waals surface area contributed by atoms with Crippen LogP contribution in [0.1, 0.15) is 29.3 Å². The number of hydrogen-bond acceptors (Lipinski definition) is 5. The highest BCUT2D eigenvalue weighted by Crippen LogP contribution is 2.26. The van der Waals surface area contributed by atoms with Gasteiger partial charge in [-0.15, -0.1) is 22.7 Å². The number of nitrogens with zero attached hydrogens (tertiary/aromatic N) is 2. The maximum absolute atomic E-state index is 4.79. The van der Waals surface area contributed by atoms with Crippen LogP contribution in [-0.2, 0) is 19.4 Å². The van der Waals surface area contributed by atoms with Crippen molar-refractivity contribution in [3.05, 3.63) is 33.0 Å². The molecule has 0 fully saturated rings. The minimum Gasteiger partial charge on any atom is -0.351 e. The zero-order valence-electron chi connectivity index (χ0n) is 12.5. The Hall–Kier alpha value is -0.910. The standard InChI is InChI=1S/C15H23N3S2/c1-4-13-14(11-16-5-2)20-15(17-13)18(3)9-8-12-7-6-10-19-12/h6-7,10,16H,4-5,8-9,11H2,1-3H3. The fraction of sp³-hybridized carbons (Fsp3) is 0.533. The zero-order chi connectivity index (χ0) is 14.4. The van der Waals surface area contributed by atoms with Crippen LogP contribution in [0.25, 0.3) is 0 Å². The second kappa shape index (κ2) is 7.76. The molecule has 1 N–H and O–H groups in total. The van der Waals surface area contributed by atoms with E-state index in [1.807, 2.05) is 22.7 Å². The number of likely N-dealkylation sites (N-methyl/N-ethyl adjacent to an activating group) is 1. The Morgan fingerprint density at radius 3 is 2.85 bits per heavy atom. The summed E-state index contributed by atoms with van der Waals surface area (Å²) in [6.45, 7) is 7.29. The lowest BCUT2D eigenvalue weighted by Crippen LogP contribution is -2.19. The fourth-order valence-electron chi connectivity index (χ4n) is 2.01. The maximum Gasteiger partial charge on any atom is 0.185 e. The molecule has 0 aliphatic heterocycles. The molecule has 2 heterocycles. The first-order valence-corrected chi connectivity index (χ1v) is 8.87. The van der Waals surface area contributed by atoms with Crippen LogP contribution in [-0.4, -0.2) is 25.1 Å². The van der Waals surface area contributed by atoms with E-state index in [0.717, 1.165) is 37.6 Å². The third-order valence-corrected chi connectivity index (χ3v) is 5.39. The molecule has 3 nitrogen and oxygen atoms in total. The molecule has 2 aromatic rings. The van der Waals surface area contributed by atoms with Crippen molar-refractivity contribution >= 4 is 27.8 Å². The Morgan fingerprint density at radius 2 is 2.20 bits per heavy atom. The van der Waals surface area contributed by atoms with Crippen molar-refractivity contribution in [3.8, 4) is 0 Å². The van der Waals surface area contributed by atoms with Crippen LogP contribution >= 0.6 is 22.7 Å². The summed E-state index contributed by atoms with van der Waals surface area (Å²) in [5.41, 5.74) is 1.24. The summed E-state index contributed by atoms with van der Waals surface area (Å²) >= 11 is 3.66. The van der Waals surface area contributed by atoms with Crippen molar-refractivity contribution in [2.45, 2.75) is 33.2 Å². The highest BCUT2D eigenvalue weighted by atomic mass is 32.1. The number of thiophene rings is 1. The van der Waals surface area contributed by atoms with E-state index in [2.05, 4.69) is 48.6 Å². The van der Waals surface area contributed by atoms with E-state index in [1.165, 1.54) is 15.4 Å². The normalized spacial score (nSPS) is 10.9. The van der Waals surface area contributed by atoms with Gasteiger partial charge in [-0.2, -0.15) is 0 Å². The summed E-state index contributed by atoms with van der Waals surface area (Å²) in [6, 6.07) is 4.32. The molecule has 0 spiro atoms. The molecule has 0 amide bonds. The van der Waals surface area contributed by atoms with Gasteiger partial charge in [0.1, 0.15) is 0 Å². The molecule has 0 saturated carbocycles. The van der Waals surface area contributed by atoms with Crippen LogP contribution in [0.2, 0.25) is 0 Å². The fourth-order valence-corrected chi connectivity index (χ4v) is 3.82. The Morgan fingerprint density at radius 1 is 1.35 bits per heavy atom. The van der Waals surface area contributed by atoms with Crippen LogP contribution in [0.3, 0.4) is 0 Å². The van der Waals surface area contributed by atoms with Crippen LogP contribution in [0.15, 0.2) is 17.5 Å². The largest absolute Gasteiger partial charge is 0.351 e. The van der Waals surface area contributed by atoms with Gasteiger partial charge in [0.2, 0.25) is 0 Å². The summed E-state index contributed by atoms with van der Waals surface area (Å²) in [5.74, 6) is 0. The number of nitrogens with one attached hydrogen (secondary N) is 1. The van der Waals surface area contributed by atoms with Crippen molar-refractivity contribution in [1.82, 2.24) is 10.3 Å². The SMILES string of the molecule is CCNCc1sc(N(C)CCc2cccs2)nc1CC. The van der Waals surface area contributed by atoms with Gasteiger partial charge in [0.05, 0.1) is 5.69 Å². The molecule has 110 valence electrons. The molecule has 0 aromatic carbocycles. The summed E-state index contributed by atoms with van der Waals surface area (Å²) in [5, 5.41) is 6.69. The molecule has 2 aromatic heterocycles. The van der Waals surface area contributed by atoms with E-state index >= 15 is 0 Å². The van der Waals surface area contributed by atoms with Gasteiger partial charge in [-0.05, 0) is 30.8 Å². The smallest absolute Gasteiger partial charge is 0.185 e. The lowest BCUT2D eigenvalue weighted by atomic mass is 10.3. The van der Waals surface area contributed by atoms with Crippen molar-refractivity contribution in [1.29, 1.82) is 0 Å². The third-order valence-electron chi connectivity index (χ3n) is 3.24. The van der Waals surface area contributed by atoms with Gasteiger partial charge >= 0.3 is 0 Å². The van der Waals surface area contributed by atoms with Crippen LogP contribution in [0.4, 0.5) is 5.13 Å². The molecular formula is C15H23N3S2. The summed E-state index contributed by atoms with van der Waals surface area (Å²) in [4.78, 5) is 9.89. The van der Waals surface area contributed by atoms with Gasteiger partial charge in [-0.1, -0.05) is 19.9 Å². The molecule has 0 unspecified atom stereocenters. The molecule has 0 atom stereocenters. The van der Waals surface area contributed by atoms with Crippen molar-refractivity contribution in [2.24, 2.45) is 0 Å². The topological polar surface area (TPSA) is 28.2 Å². The second-order valence-electron chi connectivity index (χ2n) is 4.75. The molecule has 0 aliphatic rings. The Labute approximate surface area is 129 Å². The van der Waals surface area contributed by atoms with Gasteiger partial charge in [0, 0.05) is 29.9 Å². The molecular weight excluding hydrogens is 286 g/mol. The third kappa shape index (κ3) is 4.04. The van der Waals surface area contributed by atoms with E-state index < -0.39 is 0 Å². The quantitative estimate of drug-likeness (QED) is 0.808. The highest BCUT2D eigenvalue weighted by molar-refractivity contribution is 7.15. The van der Waals surface area contributed by atoms with Crippen LogP contribution < -0.4 is 10.2 Å². The summed E-state index contributed by atoms with van der Waals surface area (Å²) < 4.78 is 0. The van der Waals surface area contributed by atoms with E-state index in [1.54, 1.807) is 0 Å². The number of aryl methyl sites for hydroxylation is 1. The van der Waals surface area contributed by atoms with Crippen molar-refractivity contribution in [2.75, 3.05) is 25.0 Å². The second-order valence-corrected chi connectivity index (χ2v) is 6.85. The van der Waals surface area contributed by atoms with Gasteiger partial charge in [0.25, 0.3) is 0 Å². The average molecular weight is 310 g/mol. The van der Waals surface area contributed by atoms with E-state index in [0.29, 0.717) is 0 Å². The van der Waals surface area contributed by atoms with Gasteiger partial charge in [0.15, 0.2) is 5.13 Å². The molecule has 0 radical (unpaired) electrons. The molecule has 5 heteroatoms. The molecule has 0 saturated heterocycles. The number of hydrogen-bond donors (Lipinski definition) is 1. The number of aromatic nitrogens is 1. The number of rotatable bonds is 8. The highest BCUT2D eigenvalue weighted by Gasteiger charge is 2.12. The predicted molar refractivity (Wildman–Crippen MR) is 90.2 cm³/mol. The molecule has 0 bridgehead atoms. The zero-order valence-corrected chi connectivity index (χ0v) is 14.1. The minimum absolute atomic E-state index is 0.941. The maximum atomic E-state index is 4.79. The van der Waals surface area contributed by atoms with Crippen LogP contribution in [0, 0.1) is 0 Å². The van der Waals surface area contributed by atoms with Gasteiger partial charge < -0.3 is 10.2 Å². The molecule has 0 aliphatic carbocycles. The van der Waals surface area contributed by atoms with Gasteiger partial charge in [-0.3, -0.25) is 0 Å². The van der Waals surface area contributed by atoms with Crippen molar-refractivity contribution in [3.63, 3.8) is 0 Å². The molecule has 2 rings (SSSR count). The Balaban J connectivity index is 1.98. The minimum atomic E-state index is 0.941. The lowest BCUT2D eigenvalue weighted by molar-refractivity contribution is 0.727. The Kier molecular flexibility index (Phi) is 6.01. The Bertz CT molecular complexity index is 505. The van der Waals surface area contributed by atoms with Crippen molar-refractivity contribution < 1.29 is 0 Å². The number of thiazole rings is 1. The summed E-state index contributed by atoms with van der Waals surface area (Å²) in [7, 11) is 2.14. The lowest BCUT2D eigenvalue weighted by Gasteiger charge is -2.14. The first-order valence-electron chi connectivity index (χ1n) is 7.17. The first-order chi connectivity index (χ1) is 9.74. The van der Waals surface area contributed by atoms with E-state index in [9.17, 15) is 0 Å². The first kappa shape index (κ1) is 15.5. The van der Waals surface area contributed by atoms with Crippen LogP contribution in [0.5, 0.6) is 0 Å². The van der Waals surface area contributed by atoms with E-state index in [-0.39, 0.29) is 0 Å². The average Bonchev–Trinajstić information content (AvgIpc) is 3.11. The van der Waals surface area contributed by atoms with Gasteiger partial charge in [-0.25, -0.2) is 4.98 Å². The monoisotopic (exact) mass is 309 g/mol. The molecule has 20 heavy (non-hydrogen) atoms.